The van der Waals surface area contributed by atoms with E-state index in [1.165, 1.54) is 31.6 Å². The number of carbonyl (C=O) groups is 1. The third-order valence-corrected chi connectivity index (χ3v) is 5.81. The highest BCUT2D eigenvalue weighted by atomic mass is 79.9. The van der Waals surface area contributed by atoms with Gasteiger partial charge in [-0.1, -0.05) is 0 Å². The minimum Gasteiger partial charge on any atom is -0.312 e. The standard InChI is InChI=1S/C14H13BrN4O3S/c1-9(20)19-5-2-10-6-11(15)13(7-12(10)19)23(21,22)18-14-8-16-3-4-17-14/h3-4,6-8H,2,5H2,1H3,(H,17,18). The van der Waals surface area contributed by atoms with Gasteiger partial charge in [0.15, 0.2) is 5.82 Å². The lowest BCUT2D eigenvalue weighted by Gasteiger charge is -2.16. The average Bonchev–Trinajstić information content (AvgIpc) is 2.89. The first kappa shape index (κ1) is 15.9. The number of aromatic nitrogens is 2. The number of rotatable bonds is 3. The number of carbonyl (C=O) groups excluding carboxylic acids is 1. The fraction of sp³-hybridized carbons (Fsp3) is 0.214. The van der Waals surface area contributed by atoms with E-state index in [1.807, 2.05) is 0 Å². The fourth-order valence-electron chi connectivity index (χ4n) is 2.47. The molecule has 2 heterocycles. The molecule has 0 bridgehead atoms. The molecule has 1 aromatic carbocycles. The lowest BCUT2D eigenvalue weighted by Crippen LogP contribution is -2.26. The smallest absolute Gasteiger partial charge is 0.264 e. The molecule has 1 aliphatic rings. The van der Waals surface area contributed by atoms with E-state index in [-0.39, 0.29) is 16.6 Å². The van der Waals surface area contributed by atoms with E-state index in [1.54, 1.807) is 11.0 Å². The second-order valence-electron chi connectivity index (χ2n) is 5.03. The van der Waals surface area contributed by atoms with E-state index in [9.17, 15) is 13.2 Å². The molecule has 1 N–H and O–H groups in total. The quantitative estimate of drug-likeness (QED) is 0.855. The van der Waals surface area contributed by atoms with Gasteiger partial charge in [-0.25, -0.2) is 13.4 Å². The first-order chi connectivity index (χ1) is 10.9. The van der Waals surface area contributed by atoms with Gasteiger partial charge in [0.05, 0.1) is 6.20 Å². The molecule has 120 valence electrons. The van der Waals surface area contributed by atoms with Gasteiger partial charge < -0.3 is 4.90 Å². The summed E-state index contributed by atoms with van der Waals surface area (Å²) in [6.07, 6.45) is 4.87. The summed E-state index contributed by atoms with van der Waals surface area (Å²) in [7, 11) is -3.85. The third-order valence-electron chi connectivity index (χ3n) is 3.50. The lowest BCUT2D eigenvalue weighted by molar-refractivity contribution is -0.116. The van der Waals surface area contributed by atoms with Gasteiger partial charge in [-0.05, 0) is 40.0 Å². The summed E-state index contributed by atoms with van der Waals surface area (Å²) in [5.74, 6) is 0.0135. The number of nitrogens with one attached hydrogen (secondary N) is 1. The average molecular weight is 397 g/mol. The molecule has 0 aliphatic carbocycles. The highest BCUT2D eigenvalue weighted by molar-refractivity contribution is 9.10. The van der Waals surface area contributed by atoms with Crippen molar-refractivity contribution in [1.29, 1.82) is 0 Å². The van der Waals surface area contributed by atoms with Crippen LogP contribution >= 0.6 is 15.9 Å². The summed E-state index contributed by atoms with van der Waals surface area (Å²) in [4.78, 5) is 21.0. The van der Waals surface area contributed by atoms with Crippen molar-refractivity contribution in [3.05, 3.63) is 40.8 Å². The Morgan fingerprint density at radius 3 is 2.78 bits per heavy atom. The molecular weight excluding hydrogens is 384 g/mol. The van der Waals surface area contributed by atoms with E-state index in [4.69, 9.17) is 0 Å². The maximum Gasteiger partial charge on any atom is 0.264 e. The number of anilines is 2. The number of fused-ring (bicyclic) bond motifs is 1. The zero-order valence-corrected chi connectivity index (χ0v) is 14.6. The van der Waals surface area contributed by atoms with Gasteiger partial charge in [0.1, 0.15) is 4.90 Å². The monoisotopic (exact) mass is 396 g/mol. The Labute approximate surface area is 141 Å². The van der Waals surface area contributed by atoms with Gasteiger partial charge in [0, 0.05) is 36.0 Å². The number of sulfonamides is 1. The van der Waals surface area contributed by atoms with Crippen LogP contribution in [0.5, 0.6) is 0 Å². The number of nitrogens with zero attached hydrogens (tertiary/aromatic N) is 3. The molecule has 7 nitrogen and oxygen atoms in total. The van der Waals surface area contributed by atoms with Crippen LogP contribution < -0.4 is 9.62 Å². The first-order valence-corrected chi connectivity index (χ1v) is 9.05. The van der Waals surface area contributed by atoms with Gasteiger partial charge >= 0.3 is 0 Å². The van der Waals surface area contributed by atoms with Crippen LogP contribution in [0.2, 0.25) is 0 Å². The Bertz CT molecular complexity index is 871. The SMILES string of the molecule is CC(=O)N1CCc2cc(Br)c(S(=O)(=O)Nc3cnccn3)cc21. The predicted molar refractivity (Wildman–Crippen MR) is 88.7 cm³/mol. The minimum absolute atomic E-state index is 0.0510. The van der Waals surface area contributed by atoms with E-state index < -0.39 is 10.0 Å². The van der Waals surface area contributed by atoms with Crippen molar-refractivity contribution in [2.75, 3.05) is 16.2 Å². The van der Waals surface area contributed by atoms with Gasteiger partial charge in [-0.15, -0.1) is 0 Å². The van der Waals surface area contributed by atoms with Crippen molar-refractivity contribution < 1.29 is 13.2 Å². The van der Waals surface area contributed by atoms with Crippen LogP contribution in [-0.4, -0.2) is 30.8 Å². The molecule has 0 radical (unpaired) electrons. The summed E-state index contributed by atoms with van der Waals surface area (Å²) in [6, 6.07) is 3.25. The van der Waals surface area contributed by atoms with Crippen molar-refractivity contribution in [2.45, 2.75) is 18.2 Å². The van der Waals surface area contributed by atoms with E-state index >= 15 is 0 Å². The van der Waals surface area contributed by atoms with Crippen LogP contribution in [-0.2, 0) is 21.2 Å². The molecule has 2 aromatic rings. The summed E-state index contributed by atoms with van der Waals surface area (Å²) >= 11 is 3.30. The van der Waals surface area contributed by atoms with Crippen LogP contribution in [0.1, 0.15) is 12.5 Å². The predicted octanol–water partition coefficient (Wildman–Crippen LogP) is 1.95. The largest absolute Gasteiger partial charge is 0.312 e. The van der Waals surface area contributed by atoms with Gasteiger partial charge in [-0.3, -0.25) is 14.5 Å². The molecular formula is C14H13BrN4O3S. The lowest BCUT2D eigenvalue weighted by atomic mass is 10.2. The molecule has 0 saturated heterocycles. The molecule has 9 heteroatoms. The third kappa shape index (κ3) is 3.06. The Kier molecular flexibility index (Phi) is 4.07. The first-order valence-electron chi connectivity index (χ1n) is 6.78. The van der Waals surface area contributed by atoms with Crippen molar-refractivity contribution in [1.82, 2.24) is 9.97 Å². The Morgan fingerprint density at radius 1 is 1.35 bits per heavy atom. The molecule has 0 fully saturated rings. The number of hydrogen-bond acceptors (Lipinski definition) is 5. The fourth-order valence-corrected chi connectivity index (χ4v) is 4.57. The van der Waals surface area contributed by atoms with Crippen LogP contribution in [0.15, 0.2) is 40.1 Å². The Hall–Kier alpha value is -2.00. The van der Waals surface area contributed by atoms with E-state index in [2.05, 4.69) is 30.6 Å². The molecule has 0 spiro atoms. The number of benzene rings is 1. The van der Waals surface area contributed by atoms with E-state index in [0.717, 1.165) is 5.56 Å². The number of halogens is 1. The maximum atomic E-state index is 12.6. The molecule has 1 amide bonds. The highest BCUT2D eigenvalue weighted by Gasteiger charge is 2.27. The Morgan fingerprint density at radius 2 is 2.13 bits per heavy atom. The normalized spacial score (nSPS) is 13.7. The second-order valence-corrected chi connectivity index (χ2v) is 7.53. The summed E-state index contributed by atoms with van der Waals surface area (Å²) in [5, 5.41) is 0. The zero-order chi connectivity index (χ0) is 16.6. The molecule has 0 atom stereocenters. The van der Waals surface area contributed by atoms with Crippen molar-refractivity contribution >= 4 is 43.4 Å². The van der Waals surface area contributed by atoms with Crippen molar-refractivity contribution in [2.24, 2.45) is 0 Å². The van der Waals surface area contributed by atoms with E-state index in [0.29, 0.717) is 23.1 Å². The van der Waals surface area contributed by atoms with Gasteiger partial charge in [0.25, 0.3) is 10.0 Å². The summed E-state index contributed by atoms with van der Waals surface area (Å²) < 4.78 is 28.0. The minimum atomic E-state index is -3.85. The van der Waals surface area contributed by atoms with Crippen LogP contribution in [0.4, 0.5) is 11.5 Å². The molecule has 0 saturated carbocycles. The molecule has 0 unspecified atom stereocenters. The second kappa shape index (κ2) is 5.89. The summed E-state index contributed by atoms with van der Waals surface area (Å²) in [6.45, 7) is 2.02. The highest BCUT2D eigenvalue weighted by Crippen LogP contribution is 2.35. The molecule has 1 aromatic heterocycles. The number of hydrogen-bond donors (Lipinski definition) is 1. The molecule has 23 heavy (non-hydrogen) atoms. The van der Waals surface area contributed by atoms with Gasteiger partial charge in [0.2, 0.25) is 5.91 Å². The Balaban J connectivity index is 2.03. The van der Waals surface area contributed by atoms with Crippen LogP contribution in [0.3, 0.4) is 0 Å². The topological polar surface area (TPSA) is 92.3 Å². The maximum absolute atomic E-state index is 12.6. The zero-order valence-electron chi connectivity index (χ0n) is 12.2. The summed E-state index contributed by atoms with van der Waals surface area (Å²) in [5.41, 5.74) is 1.56. The van der Waals surface area contributed by atoms with Gasteiger partial charge in [-0.2, -0.15) is 0 Å². The van der Waals surface area contributed by atoms with Crippen molar-refractivity contribution in [3.63, 3.8) is 0 Å². The van der Waals surface area contributed by atoms with Crippen molar-refractivity contribution in [3.8, 4) is 0 Å². The number of amides is 1. The molecule has 3 rings (SSSR count). The van der Waals surface area contributed by atoms with Crippen LogP contribution in [0.25, 0.3) is 0 Å². The molecule has 1 aliphatic heterocycles. The van der Waals surface area contributed by atoms with Crippen LogP contribution in [0, 0.1) is 0 Å².